The second-order valence-electron chi connectivity index (χ2n) is 5.62. The summed E-state index contributed by atoms with van der Waals surface area (Å²) in [5.41, 5.74) is 1.76. The smallest absolute Gasteiger partial charge is 0.266 e. The molecule has 2 aromatic rings. The molecule has 4 nitrogen and oxygen atoms in total. The van der Waals surface area contributed by atoms with E-state index in [0.29, 0.717) is 11.4 Å². The van der Waals surface area contributed by atoms with Crippen molar-refractivity contribution in [3.63, 3.8) is 0 Å². The number of carbonyl (C=O) groups is 1. The number of nitrogens with zero attached hydrogens (tertiary/aromatic N) is 1. The van der Waals surface area contributed by atoms with Gasteiger partial charge in [0, 0.05) is 11.6 Å². The van der Waals surface area contributed by atoms with Crippen molar-refractivity contribution in [1.82, 2.24) is 4.31 Å². The van der Waals surface area contributed by atoms with E-state index in [-0.39, 0.29) is 17.3 Å². The predicted molar refractivity (Wildman–Crippen MR) is 88.9 cm³/mol. The van der Waals surface area contributed by atoms with E-state index in [1.165, 1.54) is 12.1 Å². The van der Waals surface area contributed by atoms with Crippen LogP contribution in [0, 0.1) is 6.92 Å². The predicted octanol–water partition coefficient (Wildman–Crippen LogP) is 3.35. The summed E-state index contributed by atoms with van der Waals surface area (Å²) in [4.78, 5) is 12.7. The van der Waals surface area contributed by atoms with Gasteiger partial charge in [-0.1, -0.05) is 41.4 Å². The SMILES string of the molecule is Cc1ccc(S(=O)(=O)N2CCC(c3ccc(Cl)cc3)C2=O)cc1. The van der Waals surface area contributed by atoms with Crippen LogP contribution in [0.25, 0.3) is 0 Å². The minimum absolute atomic E-state index is 0.146. The Balaban J connectivity index is 1.89. The van der Waals surface area contributed by atoms with Gasteiger partial charge in [0.1, 0.15) is 0 Å². The van der Waals surface area contributed by atoms with Crippen LogP contribution in [0.5, 0.6) is 0 Å². The Hall–Kier alpha value is -1.85. The van der Waals surface area contributed by atoms with Gasteiger partial charge in [0.2, 0.25) is 5.91 Å². The number of hydrogen-bond donors (Lipinski definition) is 0. The molecular weight excluding hydrogens is 334 g/mol. The quantitative estimate of drug-likeness (QED) is 0.853. The summed E-state index contributed by atoms with van der Waals surface area (Å²) in [6.07, 6.45) is 0.478. The van der Waals surface area contributed by atoms with Gasteiger partial charge in [-0.25, -0.2) is 12.7 Å². The van der Waals surface area contributed by atoms with Crippen molar-refractivity contribution in [3.05, 3.63) is 64.7 Å². The highest BCUT2D eigenvalue weighted by Crippen LogP contribution is 2.33. The third kappa shape index (κ3) is 2.99. The summed E-state index contributed by atoms with van der Waals surface area (Å²) < 4.78 is 26.3. The zero-order valence-electron chi connectivity index (χ0n) is 12.6. The summed E-state index contributed by atoms with van der Waals surface area (Å²) in [6, 6.07) is 13.5. The standard InChI is InChI=1S/C17H16ClNO3S/c1-12-2-8-15(9-3-12)23(21,22)19-11-10-16(17(19)20)13-4-6-14(18)7-5-13/h2-9,16H,10-11H2,1H3. The fourth-order valence-corrected chi connectivity index (χ4v) is 4.30. The van der Waals surface area contributed by atoms with E-state index in [2.05, 4.69) is 0 Å². The van der Waals surface area contributed by atoms with E-state index >= 15 is 0 Å². The van der Waals surface area contributed by atoms with Crippen molar-refractivity contribution in [2.75, 3.05) is 6.54 Å². The Kier molecular flexibility index (Phi) is 4.17. The summed E-state index contributed by atoms with van der Waals surface area (Å²) in [5, 5.41) is 0.586. The van der Waals surface area contributed by atoms with Crippen molar-refractivity contribution < 1.29 is 13.2 Å². The third-order valence-electron chi connectivity index (χ3n) is 4.05. The molecule has 1 fully saturated rings. The zero-order chi connectivity index (χ0) is 16.6. The maximum Gasteiger partial charge on any atom is 0.266 e. The molecule has 2 aromatic carbocycles. The van der Waals surface area contributed by atoms with Crippen molar-refractivity contribution in [2.45, 2.75) is 24.2 Å². The first-order valence-electron chi connectivity index (χ1n) is 7.28. The summed E-state index contributed by atoms with van der Waals surface area (Å²) in [5.74, 6) is -0.819. The van der Waals surface area contributed by atoms with Crippen LogP contribution in [0.2, 0.25) is 5.02 Å². The van der Waals surface area contributed by atoms with Crippen molar-refractivity contribution in [2.24, 2.45) is 0 Å². The molecule has 1 heterocycles. The molecule has 0 aromatic heterocycles. The topological polar surface area (TPSA) is 54.5 Å². The minimum Gasteiger partial charge on any atom is -0.273 e. The number of halogens is 1. The number of rotatable bonds is 3. The van der Waals surface area contributed by atoms with E-state index in [4.69, 9.17) is 11.6 Å². The van der Waals surface area contributed by atoms with Crippen LogP contribution < -0.4 is 0 Å². The van der Waals surface area contributed by atoms with Gasteiger partial charge in [-0.3, -0.25) is 4.79 Å². The molecule has 0 radical (unpaired) electrons. The molecule has 1 atom stereocenters. The van der Waals surface area contributed by atoms with Crippen molar-refractivity contribution >= 4 is 27.5 Å². The molecule has 120 valence electrons. The molecule has 0 saturated carbocycles. The molecule has 1 amide bonds. The second kappa shape index (κ2) is 5.98. The first-order valence-corrected chi connectivity index (χ1v) is 9.10. The minimum atomic E-state index is -3.80. The molecule has 0 spiro atoms. The maximum atomic E-state index is 12.7. The largest absolute Gasteiger partial charge is 0.273 e. The van der Waals surface area contributed by atoms with Gasteiger partial charge >= 0.3 is 0 Å². The summed E-state index contributed by atoms with van der Waals surface area (Å²) in [6.45, 7) is 2.08. The van der Waals surface area contributed by atoms with Gasteiger partial charge in [-0.05, 0) is 43.2 Å². The molecule has 1 saturated heterocycles. The van der Waals surface area contributed by atoms with Crippen LogP contribution in [-0.4, -0.2) is 25.2 Å². The van der Waals surface area contributed by atoms with Crippen LogP contribution in [0.15, 0.2) is 53.4 Å². The molecule has 0 bridgehead atoms. The van der Waals surface area contributed by atoms with E-state index in [1.807, 2.05) is 6.92 Å². The van der Waals surface area contributed by atoms with Gasteiger partial charge in [-0.15, -0.1) is 0 Å². The second-order valence-corrected chi connectivity index (χ2v) is 7.92. The molecule has 0 N–H and O–H groups in total. The number of aryl methyl sites for hydroxylation is 1. The van der Waals surface area contributed by atoms with E-state index < -0.39 is 15.9 Å². The van der Waals surface area contributed by atoms with Gasteiger partial charge < -0.3 is 0 Å². The number of hydrogen-bond acceptors (Lipinski definition) is 3. The Bertz CT molecular complexity index is 829. The highest BCUT2D eigenvalue weighted by molar-refractivity contribution is 7.89. The number of benzene rings is 2. The monoisotopic (exact) mass is 349 g/mol. The van der Waals surface area contributed by atoms with Gasteiger partial charge in [0.15, 0.2) is 0 Å². The number of amides is 1. The molecular formula is C17H16ClNO3S. The maximum absolute atomic E-state index is 12.7. The van der Waals surface area contributed by atoms with Crippen LogP contribution in [0.4, 0.5) is 0 Å². The van der Waals surface area contributed by atoms with Crippen LogP contribution in [-0.2, 0) is 14.8 Å². The first kappa shape index (κ1) is 16.0. The molecule has 1 unspecified atom stereocenters. The van der Waals surface area contributed by atoms with Crippen molar-refractivity contribution in [3.8, 4) is 0 Å². The fourth-order valence-electron chi connectivity index (χ4n) is 2.73. The molecule has 23 heavy (non-hydrogen) atoms. The van der Waals surface area contributed by atoms with E-state index in [9.17, 15) is 13.2 Å². The lowest BCUT2D eigenvalue weighted by molar-refractivity contribution is -0.124. The van der Waals surface area contributed by atoms with E-state index in [1.54, 1.807) is 36.4 Å². The van der Waals surface area contributed by atoms with Crippen molar-refractivity contribution in [1.29, 1.82) is 0 Å². The molecule has 1 aliphatic rings. The molecule has 1 aliphatic heterocycles. The van der Waals surface area contributed by atoms with Crippen LogP contribution in [0.3, 0.4) is 0 Å². The number of sulfonamides is 1. The lowest BCUT2D eigenvalue weighted by atomic mass is 9.98. The fraction of sp³-hybridized carbons (Fsp3) is 0.235. The van der Waals surface area contributed by atoms with E-state index in [0.717, 1.165) is 15.4 Å². The third-order valence-corrected chi connectivity index (χ3v) is 6.11. The average Bonchev–Trinajstić information content (AvgIpc) is 2.91. The molecule has 3 rings (SSSR count). The normalized spacial score (nSPS) is 18.4. The van der Waals surface area contributed by atoms with Gasteiger partial charge in [0.05, 0.1) is 10.8 Å². The summed E-state index contributed by atoms with van der Waals surface area (Å²) >= 11 is 5.86. The van der Waals surface area contributed by atoms with Crippen LogP contribution >= 0.6 is 11.6 Å². The highest BCUT2D eigenvalue weighted by Gasteiger charge is 2.40. The molecule has 0 aliphatic carbocycles. The zero-order valence-corrected chi connectivity index (χ0v) is 14.1. The lowest BCUT2D eigenvalue weighted by Gasteiger charge is -2.17. The lowest BCUT2D eigenvalue weighted by Crippen LogP contribution is -2.33. The Morgan fingerprint density at radius 3 is 2.26 bits per heavy atom. The first-order chi connectivity index (χ1) is 10.9. The summed E-state index contributed by atoms with van der Waals surface area (Å²) in [7, 11) is -3.80. The van der Waals surface area contributed by atoms with Crippen LogP contribution in [0.1, 0.15) is 23.5 Å². The Morgan fingerprint density at radius 2 is 1.65 bits per heavy atom. The van der Waals surface area contributed by atoms with Gasteiger partial charge in [-0.2, -0.15) is 0 Å². The average molecular weight is 350 g/mol. The Labute approximate surface area is 140 Å². The number of carbonyl (C=O) groups excluding carboxylic acids is 1. The van der Waals surface area contributed by atoms with Gasteiger partial charge in [0.25, 0.3) is 10.0 Å². The Morgan fingerprint density at radius 1 is 1.04 bits per heavy atom. The molecule has 6 heteroatoms. The highest BCUT2D eigenvalue weighted by atomic mass is 35.5.